The van der Waals surface area contributed by atoms with Crippen LogP contribution in [0, 0.1) is 12.7 Å². The molecule has 3 saturated carbocycles. The van der Waals surface area contributed by atoms with Crippen molar-refractivity contribution in [1.82, 2.24) is 20.1 Å². The van der Waals surface area contributed by atoms with Crippen LogP contribution in [-0.2, 0) is 11.8 Å². The minimum absolute atomic E-state index is 0.0193. The second kappa shape index (κ2) is 6.57. The number of pyridine rings is 1. The van der Waals surface area contributed by atoms with Crippen LogP contribution >= 0.6 is 11.6 Å². The topological polar surface area (TPSA) is 81.1 Å². The number of amides is 1. The molecule has 0 atom stereocenters. The maximum Gasteiger partial charge on any atom is 0.258 e. The summed E-state index contributed by atoms with van der Waals surface area (Å²) in [5, 5.41) is 12.3. The lowest BCUT2D eigenvalue weighted by Gasteiger charge is -2.70. The fourth-order valence-corrected chi connectivity index (χ4v) is 5.00. The molecule has 3 aliphatic rings. The fourth-order valence-electron chi connectivity index (χ4n) is 4.88. The molecule has 7 nitrogen and oxygen atoms in total. The molecule has 0 spiro atoms. The van der Waals surface area contributed by atoms with Gasteiger partial charge in [0.2, 0.25) is 0 Å². The van der Waals surface area contributed by atoms with Crippen LogP contribution in [0.4, 0.5) is 10.1 Å². The fraction of sp³-hybridized carbons (Fsp3) is 0.381. The van der Waals surface area contributed by atoms with E-state index >= 15 is 0 Å². The second-order valence-corrected chi connectivity index (χ2v) is 8.83. The molecular weight excluding hydrogens is 409 g/mol. The van der Waals surface area contributed by atoms with Crippen molar-refractivity contribution in [2.45, 2.75) is 37.3 Å². The SMILES string of the molecule is Cc1nn(C)c2cncc(NC34CC(NC(=O)COc5ccc(Cl)c(F)c5)(C3)C4)c12. The lowest BCUT2D eigenvalue weighted by atomic mass is 9.44. The van der Waals surface area contributed by atoms with Gasteiger partial charge in [-0.15, -0.1) is 0 Å². The summed E-state index contributed by atoms with van der Waals surface area (Å²) in [4.78, 5) is 16.6. The average molecular weight is 430 g/mol. The molecule has 0 saturated heterocycles. The van der Waals surface area contributed by atoms with Crippen LogP contribution in [0.3, 0.4) is 0 Å². The van der Waals surface area contributed by atoms with Crippen molar-refractivity contribution in [2.75, 3.05) is 11.9 Å². The third-order valence-corrected chi connectivity index (χ3v) is 6.34. The van der Waals surface area contributed by atoms with Crippen LogP contribution in [0.1, 0.15) is 25.0 Å². The second-order valence-electron chi connectivity index (χ2n) is 8.42. The predicted molar refractivity (Wildman–Crippen MR) is 111 cm³/mol. The number of nitrogens with one attached hydrogen (secondary N) is 2. The van der Waals surface area contributed by atoms with E-state index in [4.69, 9.17) is 16.3 Å². The molecule has 30 heavy (non-hydrogen) atoms. The summed E-state index contributed by atoms with van der Waals surface area (Å²) < 4.78 is 20.7. The first-order valence-corrected chi connectivity index (χ1v) is 10.1. The van der Waals surface area contributed by atoms with Gasteiger partial charge in [0, 0.05) is 29.6 Å². The van der Waals surface area contributed by atoms with Gasteiger partial charge in [-0.2, -0.15) is 5.10 Å². The molecule has 6 rings (SSSR count). The quantitative estimate of drug-likeness (QED) is 0.628. The zero-order chi connectivity index (χ0) is 21.1. The van der Waals surface area contributed by atoms with Crippen molar-refractivity contribution in [2.24, 2.45) is 7.05 Å². The molecule has 2 bridgehead atoms. The Bertz CT molecular complexity index is 1160. The summed E-state index contributed by atoms with van der Waals surface area (Å²) >= 11 is 5.65. The third-order valence-electron chi connectivity index (χ3n) is 6.03. The largest absolute Gasteiger partial charge is 0.484 e. The average Bonchev–Trinajstić information content (AvgIpc) is 2.95. The Morgan fingerprint density at radius 2 is 2.07 bits per heavy atom. The minimum atomic E-state index is -0.574. The van der Waals surface area contributed by atoms with Gasteiger partial charge in [0.25, 0.3) is 5.91 Å². The number of carbonyl (C=O) groups excluding carboxylic acids is 1. The highest BCUT2D eigenvalue weighted by Gasteiger charge is 2.68. The van der Waals surface area contributed by atoms with Crippen LogP contribution in [0.25, 0.3) is 10.9 Å². The van der Waals surface area contributed by atoms with Gasteiger partial charge in [-0.1, -0.05) is 11.6 Å². The molecule has 0 unspecified atom stereocenters. The van der Waals surface area contributed by atoms with E-state index < -0.39 is 5.82 Å². The molecule has 9 heteroatoms. The van der Waals surface area contributed by atoms with Crippen LogP contribution < -0.4 is 15.4 Å². The van der Waals surface area contributed by atoms with E-state index in [1.54, 1.807) is 0 Å². The molecule has 3 aromatic rings. The molecule has 2 aromatic heterocycles. The Kier molecular flexibility index (Phi) is 4.18. The molecule has 156 valence electrons. The van der Waals surface area contributed by atoms with Crippen molar-refractivity contribution in [3.05, 3.63) is 47.1 Å². The molecule has 1 aromatic carbocycles. The first kappa shape index (κ1) is 19.1. The number of aromatic nitrogens is 3. The van der Waals surface area contributed by atoms with Gasteiger partial charge in [0.15, 0.2) is 6.61 Å². The number of hydrogen-bond acceptors (Lipinski definition) is 5. The van der Waals surface area contributed by atoms with E-state index in [0.29, 0.717) is 0 Å². The normalized spacial score (nSPS) is 24.1. The van der Waals surface area contributed by atoms with Crippen molar-refractivity contribution in [1.29, 1.82) is 0 Å². The van der Waals surface area contributed by atoms with Crippen LogP contribution in [0.15, 0.2) is 30.6 Å². The van der Waals surface area contributed by atoms with Crippen molar-refractivity contribution in [3.63, 3.8) is 0 Å². The monoisotopic (exact) mass is 429 g/mol. The van der Waals surface area contributed by atoms with Gasteiger partial charge < -0.3 is 15.4 Å². The molecular formula is C21H21ClFN5O2. The molecule has 3 aliphatic carbocycles. The zero-order valence-corrected chi connectivity index (χ0v) is 17.4. The highest BCUT2D eigenvalue weighted by molar-refractivity contribution is 6.30. The smallest absolute Gasteiger partial charge is 0.258 e. The Morgan fingerprint density at radius 1 is 1.30 bits per heavy atom. The van der Waals surface area contributed by atoms with Gasteiger partial charge in [-0.05, 0) is 38.3 Å². The molecule has 0 aliphatic heterocycles. The maximum absolute atomic E-state index is 13.5. The molecule has 3 fully saturated rings. The zero-order valence-electron chi connectivity index (χ0n) is 16.6. The van der Waals surface area contributed by atoms with E-state index in [0.717, 1.165) is 41.5 Å². The Balaban J connectivity index is 1.18. The van der Waals surface area contributed by atoms with Crippen LogP contribution in [0.5, 0.6) is 5.75 Å². The number of ether oxygens (including phenoxy) is 1. The number of fused-ring (bicyclic) bond motifs is 1. The van der Waals surface area contributed by atoms with Gasteiger partial charge >= 0.3 is 0 Å². The number of benzene rings is 1. The Labute approximate surface area is 177 Å². The highest BCUT2D eigenvalue weighted by Crippen LogP contribution is 2.62. The molecule has 0 radical (unpaired) electrons. The lowest BCUT2D eigenvalue weighted by Crippen LogP contribution is -2.81. The first-order chi connectivity index (χ1) is 14.3. The number of aryl methyl sites for hydroxylation is 2. The number of rotatable bonds is 6. The van der Waals surface area contributed by atoms with Gasteiger partial charge in [0.1, 0.15) is 11.6 Å². The summed E-state index contributed by atoms with van der Waals surface area (Å²) in [7, 11) is 1.91. The lowest BCUT2D eigenvalue weighted by molar-refractivity contribution is -0.135. The van der Waals surface area contributed by atoms with Crippen molar-refractivity contribution in [3.8, 4) is 5.75 Å². The summed E-state index contributed by atoms with van der Waals surface area (Å²) in [5.74, 6) is -0.517. The van der Waals surface area contributed by atoms with Crippen LogP contribution in [-0.4, -0.2) is 38.4 Å². The number of hydrogen-bond donors (Lipinski definition) is 2. The van der Waals surface area contributed by atoms with Crippen molar-refractivity contribution < 1.29 is 13.9 Å². The van der Waals surface area contributed by atoms with E-state index in [1.807, 2.05) is 31.0 Å². The predicted octanol–water partition coefficient (Wildman–Crippen LogP) is 3.35. The minimum Gasteiger partial charge on any atom is -0.484 e. The maximum atomic E-state index is 13.5. The summed E-state index contributed by atoms with van der Waals surface area (Å²) in [6.45, 7) is 1.82. The van der Waals surface area contributed by atoms with Crippen LogP contribution in [0.2, 0.25) is 5.02 Å². The number of halogens is 2. The molecule has 2 N–H and O–H groups in total. The third kappa shape index (κ3) is 3.06. The summed E-state index contributed by atoms with van der Waals surface area (Å²) in [5.41, 5.74) is 2.71. The van der Waals surface area contributed by atoms with Crippen molar-refractivity contribution >= 4 is 34.1 Å². The van der Waals surface area contributed by atoms with Gasteiger partial charge in [-0.25, -0.2) is 4.39 Å². The van der Waals surface area contributed by atoms with Gasteiger partial charge in [-0.3, -0.25) is 14.5 Å². The number of carbonyl (C=O) groups is 1. The highest BCUT2D eigenvalue weighted by atomic mass is 35.5. The molecule has 1 amide bonds. The van der Waals surface area contributed by atoms with E-state index in [9.17, 15) is 9.18 Å². The Hall–Kier alpha value is -2.87. The van der Waals surface area contributed by atoms with Gasteiger partial charge in [0.05, 0.1) is 34.3 Å². The number of anilines is 1. The van der Waals surface area contributed by atoms with E-state index in [1.165, 1.54) is 18.2 Å². The van der Waals surface area contributed by atoms with E-state index in [2.05, 4.69) is 20.7 Å². The summed E-state index contributed by atoms with van der Waals surface area (Å²) in [6.07, 6.45) is 6.18. The molecule has 2 heterocycles. The standard InChI is InChI=1S/C21H21ClFN5O2/c1-12-19-16(6-24-7-17(19)28(2)27-12)25-20-9-21(10-20,11-20)26-18(29)8-30-13-3-4-14(22)15(23)5-13/h3-7,25H,8-11H2,1-2H3,(H,26,29). The van der Waals surface area contributed by atoms with E-state index in [-0.39, 0.29) is 34.4 Å². The first-order valence-electron chi connectivity index (χ1n) is 9.73. The summed E-state index contributed by atoms with van der Waals surface area (Å²) in [6, 6.07) is 4.11. The number of nitrogens with zero attached hydrogens (tertiary/aromatic N) is 3. The Morgan fingerprint density at radius 3 is 2.80 bits per heavy atom.